The van der Waals surface area contributed by atoms with E-state index in [1.807, 2.05) is 24.0 Å². The smallest absolute Gasteiger partial charge is 0.255 e. The Morgan fingerprint density at radius 3 is 2.56 bits per heavy atom. The van der Waals surface area contributed by atoms with Crippen LogP contribution in [0.15, 0.2) is 24.3 Å². The summed E-state index contributed by atoms with van der Waals surface area (Å²) in [5.41, 5.74) is 0.599. The predicted molar refractivity (Wildman–Crippen MR) is 67.9 cm³/mol. The second-order valence-corrected chi connectivity index (χ2v) is 4.13. The summed E-state index contributed by atoms with van der Waals surface area (Å²) in [4.78, 5) is 14.0. The average molecular weight is 240 g/mol. The molecular formula is C13H18ClNO. The van der Waals surface area contributed by atoms with Crippen molar-refractivity contribution in [3.63, 3.8) is 0 Å². The fourth-order valence-electron chi connectivity index (χ4n) is 1.56. The van der Waals surface area contributed by atoms with E-state index in [1.54, 1.807) is 12.1 Å². The van der Waals surface area contributed by atoms with Gasteiger partial charge in [-0.25, -0.2) is 0 Å². The molecule has 3 heteroatoms. The van der Waals surface area contributed by atoms with Gasteiger partial charge in [0.25, 0.3) is 5.91 Å². The Hall–Kier alpha value is -1.02. The summed E-state index contributed by atoms with van der Waals surface area (Å²) >= 11 is 6.01. The summed E-state index contributed by atoms with van der Waals surface area (Å²) in [6, 6.07) is 7.20. The third-order valence-corrected chi connectivity index (χ3v) is 2.88. The van der Waals surface area contributed by atoms with Gasteiger partial charge < -0.3 is 4.90 Å². The molecular weight excluding hydrogens is 222 g/mol. The van der Waals surface area contributed by atoms with Crippen molar-refractivity contribution >= 4 is 17.5 Å². The fraction of sp³-hybridized carbons (Fsp3) is 0.462. The number of carbonyl (C=O) groups excluding carboxylic acids is 1. The van der Waals surface area contributed by atoms with Gasteiger partial charge in [-0.05, 0) is 25.5 Å². The first-order valence-electron chi connectivity index (χ1n) is 5.74. The second-order valence-electron chi connectivity index (χ2n) is 3.72. The van der Waals surface area contributed by atoms with Crippen LogP contribution in [0.4, 0.5) is 0 Å². The fourth-order valence-corrected chi connectivity index (χ4v) is 1.77. The van der Waals surface area contributed by atoms with E-state index in [-0.39, 0.29) is 5.91 Å². The largest absolute Gasteiger partial charge is 0.339 e. The van der Waals surface area contributed by atoms with Crippen LogP contribution in [0.1, 0.15) is 37.0 Å². The molecule has 0 aliphatic rings. The number of carbonyl (C=O) groups is 1. The lowest BCUT2D eigenvalue weighted by Gasteiger charge is -2.21. The first-order valence-corrected chi connectivity index (χ1v) is 6.12. The van der Waals surface area contributed by atoms with Crippen LogP contribution in [-0.4, -0.2) is 23.9 Å². The number of halogens is 1. The summed E-state index contributed by atoms with van der Waals surface area (Å²) in [5.74, 6) is 0.0292. The molecule has 1 aromatic carbocycles. The number of nitrogens with zero attached hydrogens (tertiary/aromatic N) is 1. The quantitative estimate of drug-likeness (QED) is 0.769. The summed E-state index contributed by atoms with van der Waals surface area (Å²) in [6.45, 7) is 5.64. The van der Waals surface area contributed by atoms with Crippen LogP contribution >= 0.6 is 11.6 Å². The van der Waals surface area contributed by atoms with Gasteiger partial charge in [0, 0.05) is 13.1 Å². The van der Waals surface area contributed by atoms with Gasteiger partial charge in [0.15, 0.2) is 0 Å². The van der Waals surface area contributed by atoms with Crippen molar-refractivity contribution in [1.29, 1.82) is 0 Å². The maximum Gasteiger partial charge on any atom is 0.255 e. The Morgan fingerprint density at radius 2 is 2.00 bits per heavy atom. The zero-order valence-electron chi connectivity index (χ0n) is 9.87. The maximum absolute atomic E-state index is 12.1. The Balaban J connectivity index is 2.79. The Bertz CT molecular complexity index is 352. The minimum absolute atomic E-state index is 0.0292. The van der Waals surface area contributed by atoms with Crippen LogP contribution in [0.3, 0.4) is 0 Å². The molecule has 0 aliphatic carbocycles. The Morgan fingerprint density at radius 1 is 1.31 bits per heavy atom. The van der Waals surface area contributed by atoms with Crippen molar-refractivity contribution in [1.82, 2.24) is 4.90 Å². The molecule has 0 saturated carbocycles. The van der Waals surface area contributed by atoms with Gasteiger partial charge in [-0.1, -0.05) is 37.1 Å². The van der Waals surface area contributed by atoms with Crippen molar-refractivity contribution in [2.24, 2.45) is 0 Å². The third kappa shape index (κ3) is 3.24. The van der Waals surface area contributed by atoms with E-state index < -0.39 is 0 Å². The van der Waals surface area contributed by atoms with Crippen molar-refractivity contribution in [3.8, 4) is 0 Å². The molecule has 0 N–H and O–H groups in total. The lowest BCUT2D eigenvalue weighted by Crippen LogP contribution is -2.31. The van der Waals surface area contributed by atoms with Gasteiger partial charge in [-0.3, -0.25) is 4.79 Å². The van der Waals surface area contributed by atoms with Crippen molar-refractivity contribution < 1.29 is 4.79 Å². The van der Waals surface area contributed by atoms with E-state index in [2.05, 4.69) is 6.92 Å². The number of unbranched alkanes of at least 4 members (excludes halogenated alkanes) is 1. The third-order valence-electron chi connectivity index (χ3n) is 2.55. The molecule has 2 nitrogen and oxygen atoms in total. The van der Waals surface area contributed by atoms with Gasteiger partial charge in [-0.2, -0.15) is 0 Å². The van der Waals surface area contributed by atoms with Crippen LogP contribution in [0.2, 0.25) is 5.02 Å². The van der Waals surface area contributed by atoms with Crippen LogP contribution in [0, 0.1) is 0 Å². The van der Waals surface area contributed by atoms with Crippen LogP contribution in [0.5, 0.6) is 0 Å². The minimum Gasteiger partial charge on any atom is -0.339 e. The van der Waals surface area contributed by atoms with E-state index in [0.717, 1.165) is 25.9 Å². The molecule has 0 saturated heterocycles. The summed E-state index contributed by atoms with van der Waals surface area (Å²) in [7, 11) is 0. The van der Waals surface area contributed by atoms with Crippen molar-refractivity contribution in [2.75, 3.05) is 13.1 Å². The molecule has 0 atom stereocenters. The number of amides is 1. The van der Waals surface area contributed by atoms with Crippen LogP contribution in [-0.2, 0) is 0 Å². The SMILES string of the molecule is CCCCN(CC)C(=O)c1ccccc1Cl. The second kappa shape index (κ2) is 6.54. The summed E-state index contributed by atoms with van der Waals surface area (Å²) in [6.07, 6.45) is 2.12. The Kier molecular flexibility index (Phi) is 5.33. The highest BCUT2D eigenvalue weighted by Gasteiger charge is 2.15. The lowest BCUT2D eigenvalue weighted by molar-refractivity contribution is 0.0762. The minimum atomic E-state index is 0.0292. The Labute approximate surface area is 102 Å². The van der Waals surface area contributed by atoms with Crippen LogP contribution < -0.4 is 0 Å². The highest BCUT2D eigenvalue weighted by atomic mass is 35.5. The molecule has 1 amide bonds. The molecule has 0 fully saturated rings. The topological polar surface area (TPSA) is 20.3 Å². The highest BCUT2D eigenvalue weighted by molar-refractivity contribution is 6.33. The number of hydrogen-bond donors (Lipinski definition) is 0. The van der Waals surface area contributed by atoms with Gasteiger partial charge in [-0.15, -0.1) is 0 Å². The van der Waals surface area contributed by atoms with E-state index in [1.165, 1.54) is 0 Å². The summed E-state index contributed by atoms with van der Waals surface area (Å²) < 4.78 is 0. The highest BCUT2D eigenvalue weighted by Crippen LogP contribution is 2.17. The normalized spacial score (nSPS) is 10.2. The van der Waals surface area contributed by atoms with Crippen molar-refractivity contribution in [3.05, 3.63) is 34.9 Å². The van der Waals surface area contributed by atoms with Gasteiger partial charge in [0.2, 0.25) is 0 Å². The molecule has 0 spiro atoms. The van der Waals surface area contributed by atoms with Gasteiger partial charge in [0.05, 0.1) is 10.6 Å². The zero-order valence-corrected chi connectivity index (χ0v) is 10.6. The van der Waals surface area contributed by atoms with E-state index in [9.17, 15) is 4.79 Å². The maximum atomic E-state index is 12.1. The number of rotatable bonds is 5. The van der Waals surface area contributed by atoms with E-state index in [0.29, 0.717) is 10.6 Å². The number of benzene rings is 1. The molecule has 1 rings (SSSR count). The average Bonchev–Trinajstić information content (AvgIpc) is 2.30. The first kappa shape index (κ1) is 13.0. The zero-order chi connectivity index (χ0) is 12.0. The molecule has 0 bridgehead atoms. The van der Waals surface area contributed by atoms with Gasteiger partial charge >= 0.3 is 0 Å². The van der Waals surface area contributed by atoms with Crippen molar-refractivity contribution in [2.45, 2.75) is 26.7 Å². The molecule has 0 aliphatic heterocycles. The van der Waals surface area contributed by atoms with Gasteiger partial charge in [0.1, 0.15) is 0 Å². The van der Waals surface area contributed by atoms with Crippen LogP contribution in [0.25, 0.3) is 0 Å². The molecule has 88 valence electrons. The van der Waals surface area contributed by atoms with E-state index >= 15 is 0 Å². The monoisotopic (exact) mass is 239 g/mol. The molecule has 0 heterocycles. The first-order chi connectivity index (χ1) is 7.70. The summed E-state index contributed by atoms with van der Waals surface area (Å²) in [5, 5.41) is 0.530. The predicted octanol–water partition coefficient (Wildman–Crippen LogP) is 3.60. The lowest BCUT2D eigenvalue weighted by atomic mass is 10.2. The number of hydrogen-bond acceptors (Lipinski definition) is 1. The molecule has 16 heavy (non-hydrogen) atoms. The molecule has 0 aromatic heterocycles. The molecule has 1 aromatic rings. The standard InChI is InChI=1S/C13H18ClNO/c1-3-5-10-15(4-2)13(16)11-8-6-7-9-12(11)14/h6-9H,3-5,10H2,1-2H3. The molecule has 0 unspecified atom stereocenters. The molecule has 0 radical (unpaired) electrons. The van der Waals surface area contributed by atoms with E-state index in [4.69, 9.17) is 11.6 Å².